The van der Waals surface area contributed by atoms with Gasteiger partial charge in [0, 0.05) is 35.3 Å². The molecule has 0 amide bonds. The lowest BCUT2D eigenvalue weighted by Crippen LogP contribution is -2.38. The Hall–Kier alpha value is -6.14. The van der Waals surface area contributed by atoms with Crippen LogP contribution < -0.4 is 0 Å². The lowest BCUT2D eigenvalue weighted by atomic mass is 9.77. The Bertz CT molecular complexity index is 2150. The second-order valence-electron chi connectivity index (χ2n) is 11.2. The molecule has 46 heavy (non-hydrogen) atoms. The van der Waals surface area contributed by atoms with Crippen LogP contribution in [-0.4, -0.2) is 24.1 Å². The van der Waals surface area contributed by atoms with Crippen molar-refractivity contribution >= 4 is 5.65 Å². The van der Waals surface area contributed by atoms with Crippen molar-refractivity contribution in [3.63, 3.8) is 0 Å². The molecule has 0 saturated heterocycles. The summed E-state index contributed by atoms with van der Waals surface area (Å²) in [5.41, 5.74) is 8.32. The molecule has 0 atom stereocenters. The average molecular weight is 598 g/mol. The van der Waals surface area contributed by atoms with E-state index in [0.717, 1.165) is 56.1 Å². The summed E-state index contributed by atoms with van der Waals surface area (Å²) >= 11 is 0. The smallest absolute Gasteiger partial charge is 0.138 e. The van der Waals surface area contributed by atoms with Gasteiger partial charge in [0.2, 0.25) is 0 Å². The molecule has 0 aliphatic carbocycles. The molecular formula is C40H28FN5. The Morgan fingerprint density at radius 2 is 1.13 bits per heavy atom. The maximum absolute atomic E-state index is 14.2. The number of rotatable bonds is 7. The van der Waals surface area contributed by atoms with Crippen LogP contribution in [0.5, 0.6) is 0 Å². The Kier molecular flexibility index (Phi) is 6.80. The average Bonchev–Trinajstić information content (AvgIpc) is 3.76. The van der Waals surface area contributed by atoms with E-state index in [1.165, 1.54) is 12.1 Å². The standard InChI is InChI=1S/C40H28FN5/c41-34-22-19-29(20-23-34)39-35(30-21-24-38-43-26-37(45(38)27-30)36-18-10-11-25-42-36)28-46(44-39)40(31-12-4-1-5-13-31,32-14-6-2-7-15-32)33-16-8-3-9-17-33/h1-28H. The predicted octanol–water partition coefficient (Wildman–Crippen LogP) is 8.91. The van der Waals surface area contributed by atoms with Crippen molar-refractivity contribution in [1.82, 2.24) is 24.1 Å². The van der Waals surface area contributed by atoms with Gasteiger partial charge in [-0.05, 0) is 65.2 Å². The third-order valence-electron chi connectivity index (χ3n) is 8.49. The molecule has 8 aromatic rings. The van der Waals surface area contributed by atoms with Gasteiger partial charge in [-0.15, -0.1) is 0 Å². The van der Waals surface area contributed by atoms with Crippen molar-refractivity contribution in [3.05, 3.63) is 193 Å². The molecule has 220 valence electrons. The normalized spacial score (nSPS) is 11.6. The summed E-state index contributed by atoms with van der Waals surface area (Å²) in [6, 6.07) is 47.8. The fraction of sp³-hybridized carbons (Fsp3) is 0.0250. The molecule has 4 aromatic carbocycles. The number of aromatic nitrogens is 5. The minimum absolute atomic E-state index is 0.295. The molecule has 0 saturated carbocycles. The third kappa shape index (κ3) is 4.59. The molecule has 0 bridgehead atoms. The van der Waals surface area contributed by atoms with E-state index in [9.17, 15) is 4.39 Å². The van der Waals surface area contributed by atoms with Crippen LogP contribution in [0.1, 0.15) is 16.7 Å². The predicted molar refractivity (Wildman–Crippen MR) is 180 cm³/mol. The van der Waals surface area contributed by atoms with E-state index in [2.05, 4.69) is 110 Å². The summed E-state index contributed by atoms with van der Waals surface area (Å²) in [5, 5.41) is 5.39. The molecule has 0 aliphatic rings. The number of halogens is 1. The van der Waals surface area contributed by atoms with E-state index in [1.807, 2.05) is 48.7 Å². The molecule has 0 radical (unpaired) electrons. The monoisotopic (exact) mass is 597 g/mol. The van der Waals surface area contributed by atoms with E-state index in [1.54, 1.807) is 18.3 Å². The number of pyridine rings is 2. The highest BCUT2D eigenvalue weighted by molar-refractivity contribution is 5.81. The lowest BCUT2D eigenvalue weighted by Gasteiger charge is -2.36. The molecule has 5 nitrogen and oxygen atoms in total. The van der Waals surface area contributed by atoms with Gasteiger partial charge in [-0.1, -0.05) is 97.1 Å². The van der Waals surface area contributed by atoms with Crippen LogP contribution in [0.3, 0.4) is 0 Å². The number of imidazole rings is 1. The molecule has 0 fully saturated rings. The van der Waals surface area contributed by atoms with Crippen LogP contribution in [-0.2, 0) is 5.54 Å². The maximum Gasteiger partial charge on any atom is 0.138 e. The highest BCUT2D eigenvalue weighted by Gasteiger charge is 2.40. The van der Waals surface area contributed by atoms with E-state index in [-0.39, 0.29) is 5.82 Å². The first-order valence-electron chi connectivity index (χ1n) is 15.1. The van der Waals surface area contributed by atoms with Crippen LogP contribution >= 0.6 is 0 Å². The van der Waals surface area contributed by atoms with Crippen LogP contribution in [0.25, 0.3) is 39.4 Å². The van der Waals surface area contributed by atoms with Gasteiger partial charge >= 0.3 is 0 Å². The van der Waals surface area contributed by atoms with E-state index < -0.39 is 5.54 Å². The van der Waals surface area contributed by atoms with Gasteiger partial charge < -0.3 is 0 Å². The molecule has 6 heteroatoms. The summed E-state index contributed by atoms with van der Waals surface area (Å²) in [4.78, 5) is 9.22. The quantitative estimate of drug-likeness (QED) is 0.172. The van der Waals surface area contributed by atoms with Gasteiger partial charge in [-0.3, -0.25) is 14.1 Å². The topological polar surface area (TPSA) is 48.0 Å². The molecule has 0 aliphatic heterocycles. The summed E-state index contributed by atoms with van der Waals surface area (Å²) < 4.78 is 18.3. The number of fused-ring (bicyclic) bond motifs is 1. The molecule has 0 unspecified atom stereocenters. The van der Waals surface area contributed by atoms with Crippen molar-refractivity contribution in [2.45, 2.75) is 5.54 Å². The SMILES string of the molecule is Fc1ccc(-c2nn(C(c3ccccc3)(c3ccccc3)c3ccccc3)cc2-c2ccc3ncc(-c4ccccn4)n3c2)cc1. The Morgan fingerprint density at radius 3 is 1.72 bits per heavy atom. The van der Waals surface area contributed by atoms with Gasteiger partial charge in [0.1, 0.15) is 22.7 Å². The van der Waals surface area contributed by atoms with E-state index >= 15 is 0 Å². The summed E-state index contributed by atoms with van der Waals surface area (Å²) in [6.45, 7) is 0. The number of nitrogens with zero attached hydrogens (tertiary/aromatic N) is 5. The number of benzene rings is 4. The molecule has 0 spiro atoms. The Balaban J connectivity index is 1.43. The van der Waals surface area contributed by atoms with Crippen molar-refractivity contribution in [1.29, 1.82) is 0 Å². The minimum Gasteiger partial charge on any atom is -0.298 e. The van der Waals surface area contributed by atoms with Crippen LogP contribution in [0, 0.1) is 5.82 Å². The third-order valence-corrected chi connectivity index (χ3v) is 8.49. The van der Waals surface area contributed by atoms with Crippen LogP contribution in [0.4, 0.5) is 4.39 Å². The zero-order chi connectivity index (χ0) is 30.9. The second-order valence-corrected chi connectivity index (χ2v) is 11.2. The van der Waals surface area contributed by atoms with E-state index in [0.29, 0.717) is 0 Å². The highest BCUT2D eigenvalue weighted by Crippen LogP contribution is 2.43. The first-order valence-corrected chi connectivity index (χ1v) is 15.1. The Labute approximate surface area is 265 Å². The minimum atomic E-state index is -0.810. The molecular weight excluding hydrogens is 569 g/mol. The van der Waals surface area contributed by atoms with E-state index in [4.69, 9.17) is 5.10 Å². The van der Waals surface area contributed by atoms with Crippen LogP contribution in [0.15, 0.2) is 170 Å². The van der Waals surface area contributed by atoms with Crippen LogP contribution in [0.2, 0.25) is 0 Å². The number of hydrogen-bond donors (Lipinski definition) is 0. The molecule has 0 N–H and O–H groups in total. The molecule has 8 rings (SSSR count). The van der Waals surface area contributed by atoms with Gasteiger partial charge in [0.05, 0.1) is 17.6 Å². The van der Waals surface area contributed by atoms with Gasteiger partial charge in [-0.2, -0.15) is 5.10 Å². The van der Waals surface area contributed by atoms with Gasteiger partial charge in [0.15, 0.2) is 0 Å². The summed E-state index contributed by atoms with van der Waals surface area (Å²) in [6.07, 6.45) is 7.82. The van der Waals surface area contributed by atoms with Crippen molar-refractivity contribution in [2.24, 2.45) is 0 Å². The van der Waals surface area contributed by atoms with Gasteiger partial charge in [0.25, 0.3) is 0 Å². The first kappa shape index (κ1) is 27.4. The van der Waals surface area contributed by atoms with Crippen molar-refractivity contribution in [2.75, 3.05) is 0 Å². The lowest BCUT2D eigenvalue weighted by molar-refractivity contribution is 0.461. The zero-order valence-corrected chi connectivity index (χ0v) is 24.8. The number of hydrogen-bond acceptors (Lipinski definition) is 3. The highest BCUT2D eigenvalue weighted by atomic mass is 19.1. The fourth-order valence-electron chi connectivity index (χ4n) is 6.36. The second kappa shape index (κ2) is 11.4. The maximum atomic E-state index is 14.2. The largest absolute Gasteiger partial charge is 0.298 e. The summed E-state index contributed by atoms with van der Waals surface area (Å²) in [5.74, 6) is -0.295. The van der Waals surface area contributed by atoms with Crippen molar-refractivity contribution < 1.29 is 4.39 Å². The first-order chi connectivity index (χ1) is 22.7. The van der Waals surface area contributed by atoms with Gasteiger partial charge in [-0.25, -0.2) is 9.37 Å². The molecule has 4 heterocycles. The summed E-state index contributed by atoms with van der Waals surface area (Å²) in [7, 11) is 0. The molecule has 4 aromatic heterocycles. The zero-order valence-electron chi connectivity index (χ0n) is 24.8. The fourth-order valence-corrected chi connectivity index (χ4v) is 6.36. The van der Waals surface area contributed by atoms with Crippen molar-refractivity contribution in [3.8, 4) is 33.8 Å². The Morgan fingerprint density at radius 1 is 0.543 bits per heavy atom.